The van der Waals surface area contributed by atoms with E-state index >= 15 is 0 Å². The van der Waals surface area contributed by atoms with E-state index in [4.69, 9.17) is 4.74 Å². The Morgan fingerprint density at radius 2 is 1.94 bits per heavy atom. The molecule has 3 amide bonds. The zero-order valence-electron chi connectivity index (χ0n) is 16.6. The number of ether oxygens (including phenoxy) is 1. The van der Waals surface area contributed by atoms with Gasteiger partial charge in [0.25, 0.3) is 11.1 Å². The molecule has 1 aliphatic rings. The van der Waals surface area contributed by atoms with Gasteiger partial charge in [0.2, 0.25) is 5.91 Å². The molecule has 1 fully saturated rings. The minimum atomic E-state index is -1.74. The third-order valence-corrected chi connectivity index (χ3v) is 5.73. The van der Waals surface area contributed by atoms with Gasteiger partial charge in [0, 0.05) is 0 Å². The van der Waals surface area contributed by atoms with Crippen LogP contribution in [0.1, 0.15) is 18.9 Å². The summed E-state index contributed by atoms with van der Waals surface area (Å²) in [5.74, 6) is -5.74. The second kappa shape index (κ2) is 10.2. The summed E-state index contributed by atoms with van der Waals surface area (Å²) in [7, 11) is 0. The van der Waals surface area contributed by atoms with Crippen LogP contribution in [-0.4, -0.2) is 35.1 Å². The minimum Gasteiger partial charge on any atom is -0.492 e. The second-order valence-electron chi connectivity index (χ2n) is 6.58. The van der Waals surface area contributed by atoms with Crippen molar-refractivity contribution in [3.8, 4) is 5.75 Å². The number of imide groups is 1. The third kappa shape index (κ3) is 5.33. The van der Waals surface area contributed by atoms with Crippen LogP contribution in [0.25, 0.3) is 6.08 Å². The molecule has 0 bridgehead atoms. The molecule has 1 aliphatic heterocycles. The lowest BCUT2D eigenvalue weighted by Gasteiger charge is -2.13. The van der Waals surface area contributed by atoms with Crippen LogP contribution in [0.3, 0.4) is 0 Å². The fraction of sp³-hybridized carbons (Fsp3) is 0.190. The van der Waals surface area contributed by atoms with Gasteiger partial charge in [0.15, 0.2) is 17.5 Å². The van der Waals surface area contributed by atoms with E-state index in [0.29, 0.717) is 45.1 Å². The van der Waals surface area contributed by atoms with Crippen LogP contribution < -0.4 is 10.1 Å². The van der Waals surface area contributed by atoms with Gasteiger partial charge >= 0.3 is 0 Å². The summed E-state index contributed by atoms with van der Waals surface area (Å²) < 4.78 is 46.3. The van der Waals surface area contributed by atoms with E-state index in [1.54, 1.807) is 18.2 Å². The Kier molecular flexibility index (Phi) is 7.62. The highest BCUT2D eigenvalue weighted by Gasteiger charge is 2.36. The number of nitrogens with zero attached hydrogens (tertiary/aromatic N) is 1. The van der Waals surface area contributed by atoms with Gasteiger partial charge in [0.1, 0.15) is 12.3 Å². The lowest BCUT2D eigenvalue weighted by molar-refractivity contribution is -0.127. The van der Waals surface area contributed by atoms with Crippen molar-refractivity contribution in [1.29, 1.82) is 0 Å². The standard InChI is InChI=1S/C21H16BrF3N2O4S/c1-2-7-31-15-6-3-11(8-12(15)22)9-16-20(29)27(21(30)32-16)10-17(28)26-14-5-4-13(23)18(24)19(14)25/h3-6,8-9H,2,7,10H2,1H3,(H,26,28)/b16-9-. The first-order chi connectivity index (χ1) is 15.2. The predicted molar refractivity (Wildman–Crippen MR) is 118 cm³/mol. The van der Waals surface area contributed by atoms with Gasteiger partial charge in [-0.2, -0.15) is 0 Å². The number of carbonyl (C=O) groups is 3. The summed E-state index contributed by atoms with van der Waals surface area (Å²) in [5, 5.41) is 1.34. The third-order valence-electron chi connectivity index (χ3n) is 4.20. The van der Waals surface area contributed by atoms with Gasteiger partial charge < -0.3 is 10.1 Å². The van der Waals surface area contributed by atoms with Crippen molar-refractivity contribution in [3.05, 3.63) is 62.7 Å². The first-order valence-electron chi connectivity index (χ1n) is 9.32. The number of anilines is 1. The number of benzene rings is 2. The quantitative estimate of drug-likeness (QED) is 0.388. The fourth-order valence-electron chi connectivity index (χ4n) is 2.68. The Balaban J connectivity index is 1.70. The maximum absolute atomic E-state index is 13.7. The summed E-state index contributed by atoms with van der Waals surface area (Å²) in [6.07, 6.45) is 2.34. The molecule has 0 unspecified atom stereocenters. The molecule has 6 nitrogen and oxygen atoms in total. The van der Waals surface area contributed by atoms with E-state index < -0.39 is 46.7 Å². The first-order valence-corrected chi connectivity index (χ1v) is 10.9. The van der Waals surface area contributed by atoms with Crippen molar-refractivity contribution < 1.29 is 32.3 Å². The highest BCUT2D eigenvalue weighted by Crippen LogP contribution is 2.34. The molecule has 1 heterocycles. The number of hydrogen-bond acceptors (Lipinski definition) is 5. The predicted octanol–water partition coefficient (Wildman–Crippen LogP) is 5.33. The number of carbonyl (C=O) groups excluding carboxylic acids is 3. The molecule has 32 heavy (non-hydrogen) atoms. The summed E-state index contributed by atoms with van der Waals surface area (Å²) in [6.45, 7) is 1.81. The van der Waals surface area contributed by atoms with Gasteiger partial charge in [-0.15, -0.1) is 0 Å². The maximum atomic E-state index is 13.7. The first kappa shape index (κ1) is 23.9. The van der Waals surface area contributed by atoms with Gasteiger partial charge in [-0.3, -0.25) is 19.3 Å². The summed E-state index contributed by atoms with van der Waals surface area (Å²) in [4.78, 5) is 37.7. The van der Waals surface area contributed by atoms with E-state index in [1.165, 1.54) is 6.08 Å². The van der Waals surface area contributed by atoms with Crippen molar-refractivity contribution in [1.82, 2.24) is 4.90 Å². The number of thioether (sulfide) groups is 1. The van der Waals surface area contributed by atoms with Gasteiger partial charge in [-0.05, 0) is 70.0 Å². The van der Waals surface area contributed by atoms with Crippen molar-refractivity contribution >= 4 is 56.5 Å². The topological polar surface area (TPSA) is 75.7 Å². The molecule has 1 N–H and O–H groups in total. The Labute approximate surface area is 193 Å². The van der Waals surface area contributed by atoms with Crippen LogP contribution >= 0.6 is 27.7 Å². The summed E-state index contributed by atoms with van der Waals surface area (Å²) in [5.41, 5.74) is 0.0196. The zero-order chi connectivity index (χ0) is 23.4. The van der Waals surface area contributed by atoms with Gasteiger partial charge in [-0.1, -0.05) is 13.0 Å². The van der Waals surface area contributed by atoms with Crippen molar-refractivity contribution in [2.75, 3.05) is 18.5 Å². The molecule has 0 atom stereocenters. The SMILES string of the molecule is CCCOc1ccc(/C=C2\SC(=O)N(CC(=O)Nc3ccc(F)c(F)c3F)C2=O)cc1Br. The van der Waals surface area contributed by atoms with Crippen LogP contribution in [-0.2, 0) is 9.59 Å². The minimum absolute atomic E-state index is 0.0935. The molecule has 0 saturated carbocycles. The maximum Gasteiger partial charge on any atom is 0.294 e. The number of halogens is 4. The fourth-order valence-corrected chi connectivity index (χ4v) is 4.03. The molecule has 0 aromatic heterocycles. The Hall–Kier alpha value is -2.79. The second-order valence-corrected chi connectivity index (χ2v) is 8.42. The summed E-state index contributed by atoms with van der Waals surface area (Å²) >= 11 is 4.03. The normalized spacial score (nSPS) is 14.9. The molecule has 2 aromatic carbocycles. The molecular formula is C21H16BrF3N2O4S. The largest absolute Gasteiger partial charge is 0.492 e. The van der Waals surface area contributed by atoms with E-state index in [0.717, 1.165) is 12.5 Å². The highest BCUT2D eigenvalue weighted by molar-refractivity contribution is 9.10. The molecule has 0 radical (unpaired) electrons. The van der Waals surface area contributed by atoms with E-state index in [2.05, 4.69) is 15.9 Å². The smallest absolute Gasteiger partial charge is 0.294 e. The molecule has 11 heteroatoms. The van der Waals surface area contributed by atoms with Gasteiger partial charge in [-0.25, -0.2) is 13.2 Å². The molecule has 168 valence electrons. The molecular weight excluding hydrogens is 513 g/mol. The van der Waals surface area contributed by atoms with Crippen LogP contribution in [0, 0.1) is 17.5 Å². The molecule has 2 aromatic rings. The average molecular weight is 529 g/mol. The molecule has 3 rings (SSSR count). The number of hydrogen-bond donors (Lipinski definition) is 1. The molecule has 0 aliphatic carbocycles. The molecule has 1 saturated heterocycles. The Morgan fingerprint density at radius 1 is 1.19 bits per heavy atom. The molecule has 0 spiro atoms. The number of nitrogens with one attached hydrogen (secondary N) is 1. The van der Waals surface area contributed by atoms with Crippen molar-refractivity contribution in [3.63, 3.8) is 0 Å². The van der Waals surface area contributed by atoms with Gasteiger partial charge in [0.05, 0.1) is 21.7 Å². The highest BCUT2D eigenvalue weighted by atomic mass is 79.9. The van der Waals surface area contributed by atoms with Crippen LogP contribution in [0.4, 0.5) is 23.7 Å². The number of amides is 3. The average Bonchev–Trinajstić information content (AvgIpc) is 3.01. The van der Waals surface area contributed by atoms with E-state index in [9.17, 15) is 27.6 Å². The van der Waals surface area contributed by atoms with Crippen molar-refractivity contribution in [2.24, 2.45) is 0 Å². The zero-order valence-corrected chi connectivity index (χ0v) is 19.0. The Morgan fingerprint density at radius 3 is 2.62 bits per heavy atom. The lowest BCUT2D eigenvalue weighted by atomic mass is 10.2. The van der Waals surface area contributed by atoms with Crippen LogP contribution in [0.2, 0.25) is 0 Å². The van der Waals surface area contributed by atoms with E-state index in [-0.39, 0.29) is 4.91 Å². The number of rotatable bonds is 7. The Bertz CT molecular complexity index is 1130. The summed E-state index contributed by atoms with van der Waals surface area (Å²) in [6, 6.07) is 6.64. The lowest BCUT2D eigenvalue weighted by Crippen LogP contribution is -2.36. The monoisotopic (exact) mass is 528 g/mol. The van der Waals surface area contributed by atoms with E-state index in [1.807, 2.05) is 12.2 Å². The van der Waals surface area contributed by atoms with Crippen LogP contribution in [0.15, 0.2) is 39.7 Å². The van der Waals surface area contributed by atoms with Crippen LogP contribution in [0.5, 0.6) is 5.75 Å². The van der Waals surface area contributed by atoms with Crippen molar-refractivity contribution in [2.45, 2.75) is 13.3 Å².